The molecule has 160 valence electrons. The van der Waals surface area contributed by atoms with Crippen LogP contribution in [-0.4, -0.2) is 63.0 Å². The highest BCUT2D eigenvalue weighted by Crippen LogP contribution is 2.22. The van der Waals surface area contributed by atoms with Crippen molar-refractivity contribution in [3.8, 4) is 5.69 Å². The summed E-state index contributed by atoms with van der Waals surface area (Å²) in [5.41, 5.74) is 1.76. The third kappa shape index (κ3) is 3.78. The van der Waals surface area contributed by atoms with E-state index in [0.717, 1.165) is 5.69 Å². The Kier molecular flexibility index (Phi) is 5.47. The van der Waals surface area contributed by atoms with Crippen LogP contribution in [0, 0.1) is 0 Å². The third-order valence-electron chi connectivity index (χ3n) is 5.45. The molecule has 2 aromatic heterocycles. The number of nitrogens with zero attached hydrogens (tertiary/aromatic N) is 6. The van der Waals surface area contributed by atoms with E-state index in [1.165, 1.54) is 11.3 Å². The van der Waals surface area contributed by atoms with E-state index in [2.05, 4.69) is 20.4 Å². The molecule has 9 heteroatoms. The van der Waals surface area contributed by atoms with Gasteiger partial charge in [-0.15, -0.1) is 11.3 Å². The zero-order valence-electron chi connectivity index (χ0n) is 17.2. The van der Waals surface area contributed by atoms with Crippen molar-refractivity contribution in [1.82, 2.24) is 25.1 Å². The molecule has 1 fully saturated rings. The maximum absolute atomic E-state index is 13.3. The van der Waals surface area contributed by atoms with Crippen LogP contribution in [0.5, 0.6) is 0 Å². The summed E-state index contributed by atoms with van der Waals surface area (Å²) in [5, 5.41) is 14.0. The Labute approximate surface area is 188 Å². The maximum atomic E-state index is 13.3. The molecule has 0 bridgehead atoms. The SMILES string of the molecule is O=C(c1cccs1)c1ccccc1C(=O)N1CCN(c2nnnn2-c2ccccc2)CC1. The predicted molar refractivity (Wildman–Crippen MR) is 121 cm³/mol. The molecule has 0 atom stereocenters. The molecule has 5 rings (SSSR count). The minimum Gasteiger partial charge on any atom is -0.336 e. The Hall–Kier alpha value is -3.85. The number of aromatic nitrogens is 4. The molecule has 1 aliphatic rings. The second-order valence-corrected chi connectivity index (χ2v) is 8.31. The van der Waals surface area contributed by atoms with Crippen molar-refractivity contribution < 1.29 is 9.59 Å². The standard InChI is InChI=1S/C23H20N6O2S/c30-21(20-11-6-16-32-20)18-9-4-5-10-19(18)22(31)27-12-14-28(15-13-27)23-24-25-26-29(23)17-7-2-1-3-8-17/h1-11,16H,12-15H2. The van der Waals surface area contributed by atoms with E-state index in [9.17, 15) is 9.59 Å². The van der Waals surface area contributed by atoms with Crippen LogP contribution in [0.2, 0.25) is 0 Å². The smallest absolute Gasteiger partial charge is 0.254 e. The van der Waals surface area contributed by atoms with Crippen molar-refractivity contribution in [3.63, 3.8) is 0 Å². The third-order valence-corrected chi connectivity index (χ3v) is 6.32. The van der Waals surface area contributed by atoms with Crippen LogP contribution in [0.25, 0.3) is 5.69 Å². The maximum Gasteiger partial charge on any atom is 0.254 e. The van der Waals surface area contributed by atoms with Gasteiger partial charge in [0.05, 0.1) is 16.1 Å². The molecule has 4 aromatic rings. The normalized spacial score (nSPS) is 13.9. The van der Waals surface area contributed by atoms with E-state index in [1.807, 2.05) is 41.8 Å². The lowest BCUT2D eigenvalue weighted by molar-refractivity contribution is 0.0742. The van der Waals surface area contributed by atoms with Gasteiger partial charge in [0.25, 0.3) is 5.91 Å². The number of piperazine rings is 1. The average molecular weight is 445 g/mol. The monoisotopic (exact) mass is 444 g/mol. The number of carbonyl (C=O) groups excluding carboxylic acids is 2. The van der Waals surface area contributed by atoms with E-state index in [4.69, 9.17) is 0 Å². The molecule has 1 saturated heterocycles. The van der Waals surface area contributed by atoms with Crippen LogP contribution >= 0.6 is 11.3 Å². The van der Waals surface area contributed by atoms with Gasteiger partial charge in [0.2, 0.25) is 11.7 Å². The van der Waals surface area contributed by atoms with Crippen molar-refractivity contribution in [2.24, 2.45) is 0 Å². The molecule has 32 heavy (non-hydrogen) atoms. The van der Waals surface area contributed by atoms with Crippen molar-refractivity contribution in [1.29, 1.82) is 0 Å². The molecular weight excluding hydrogens is 424 g/mol. The number of ketones is 1. The summed E-state index contributed by atoms with van der Waals surface area (Å²) >= 11 is 1.38. The Morgan fingerprint density at radius 1 is 0.812 bits per heavy atom. The van der Waals surface area contributed by atoms with Crippen molar-refractivity contribution in [3.05, 3.63) is 88.1 Å². The van der Waals surface area contributed by atoms with Gasteiger partial charge in [-0.1, -0.05) is 47.6 Å². The summed E-state index contributed by atoms with van der Waals surface area (Å²) in [6.07, 6.45) is 0. The number of hydrogen-bond donors (Lipinski definition) is 0. The topological polar surface area (TPSA) is 84.2 Å². The lowest BCUT2D eigenvalue weighted by Gasteiger charge is -2.35. The number of rotatable bonds is 5. The molecule has 0 N–H and O–H groups in total. The molecule has 0 aliphatic carbocycles. The highest BCUT2D eigenvalue weighted by molar-refractivity contribution is 7.12. The fraction of sp³-hybridized carbons (Fsp3) is 0.174. The Balaban J connectivity index is 1.32. The van der Waals surface area contributed by atoms with Crippen LogP contribution in [-0.2, 0) is 0 Å². The van der Waals surface area contributed by atoms with Gasteiger partial charge in [-0.05, 0) is 40.1 Å². The summed E-state index contributed by atoms with van der Waals surface area (Å²) in [6.45, 7) is 2.23. The first-order valence-corrected chi connectivity index (χ1v) is 11.2. The summed E-state index contributed by atoms with van der Waals surface area (Å²) in [7, 11) is 0. The molecule has 0 unspecified atom stereocenters. The fourth-order valence-electron chi connectivity index (χ4n) is 3.80. The predicted octanol–water partition coefficient (Wildman–Crippen LogP) is 2.92. The number of amides is 1. The molecule has 2 aromatic carbocycles. The number of thiophene rings is 1. The van der Waals surface area contributed by atoms with Gasteiger partial charge >= 0.3 is 0 Å². The van der Waals surface area contributed by atoms with E-state index >= 15 is 0 Å². The van der Waals surface area contributed by atoms with Crippen molar-refractivity contribution in [2.75, 3.05) is 31.1 Å². The van der Waals surface area contributed by atoms with Crippen LogP contribution in [0.4, 0.5) is 5.95 Å². The second kappa shape index (κ2) is 8.72. The minimum absolute atomic E-state index is 0.121. The lowest BCUT2D eigenvalue weighted by atomic mass is 10.0. The number of anilines is 1. The number of tetrazole rings is 1. The molecule has 0 spiro atoms. The van der Waals surface area contributed by atoms with Gasteiger partial charge in [0.1, 0.15) is 0 Å². The Morgan fingerprint density at radius 3 is 2.25 bits per heavy atom. The van der Waals surface area contributed by atoms with Gasteiger partial charge in [0, 0.05) is 31.7 Å². The summed E-state index contributed by atoms with van der Waals surface area (Å²) in [6, 6.07) is 20.4. The lowest BCUT2D eigenvalue weighted by Crippen LogP contribution is -2.49. The molecule has 8 nitrogen and oxygen atoms in total. The molecule has 1 amide bonds. The molecule has 0 radical (unpaired) electrons. The second-order valence-electron chi connectivity index (χ2n) is 7.36. The molecular formula is C23H20N6O2S. The van der Waals surface area contributed by atoms with E-state index in [1.54, 1.807) is 39.9 Å². The van der Waals surface area contributed by atoms with Gasteiger partial charge in [-0.25, -0.2) is 0 Å². The van der Waals surface area contributed by atoms with Crippen LogP contribution < -0.4 is 4.90 Å². The number of para-hydroxylation sites is 1. The summed E-state index contributed by atoms with van der Waals surface area (Å²) in [4.78, 5) is 30.7. The Morgan fingerprint density at radius 2 is 1.53 bits per heavy atom. The first kappa shape index (κ1) is 20.1. The molecule has 1 aliphatic heterocycles. The van der Waals surface area contributed by atoms with Gasteiger partial charge in [0.15, 0.2) is 0 Å². The van der Waals surface area contributed by atoms with Crippen LogP contribution in [0.3, 0.4) is 0 Å². The Bertz CT molecular complexity index is 1230. The average Bonchev–Trinajstić information content (AvgIpc) is 3.57. The number of benzene rings is 2. The molecule has 0 saturated carbocycles. The van der Waals surface area contributed by atoms with Gasteiger partial charge in [-0.2, -0.15) is 4.68 Å². The number of hydrogen-bond acceptors (Lipinski definition) is 7. The van der Waals surface area contributed by atoms with Crippen molar-refractivity contribution in [2.45, 2.75) is 0 Å². The zero-order chi connectivity index (χ0) is 21.9. The largest absolute Gasteiger partial charge is 0.336 e. The zero-order valence-corrected chi connectivity index (χ0v) is 18.0. The highest BCUT2D eigenvalue weighted by Gasteiger charge is 2.28. The summed E-state index contributed by atoms with van der Waals surface area (Å²) < 4.78 is 1.70. The number of carbonyl (C=O) groups is 2. The quantitative estimate of drug-likeness (QED) is 0.440. The minimum atomic E-state index is -0.132. The highest BCUT2D eigenvalue weighted by atomic mass is 32.1. The van der Waals surface area contributed by atoms with Gasteiger partial charge in [-0.3, -0.25) is 9.59 Å². The fourth-order valence-corrected chi connectivity index (χ4v) is 4.48. The van der Waals surface area contributed by atoms with E-state index in [0.29, 0.717) is 48.1 Å². The van der Waals surface area contributed by atoms with Crippen LogP contribution in [0.1, 0.15) is 25.6 Å². The van der Waals surface area contributed by atoms with Crippen LogP contribution in [0.15, 0.2) is 72.1 Å². The van der Waals surface area contributed by atoms with E-state index < -0.39 is 0 Å². The van der Waals surface area contributed by atoms with Gasteiger partial charge < -0.3 is 9.80 Å². The first-order chi connectivity index (χ1) is 15.7. The molecule has 3 heterocycles. The summed E-state index contributed by atoms with van der Waals surface area (Å²) in [5.74, 6) is 0.397. The van der Waals surface area contributed by atoms with E-state index in [-0.39, 0.29) is 11.7 Å². The first-order valence-electron chi connectivity index (χ1n) is 10.3. The van der Waals surface area contributed by atoms with Crippen molar-refractivity contribution >= 4 is 29.0 Å².